The van der Waals surface area contributed by atoms with Crippen molar-refractivity contribution in [2.45, 2.75) is 19.4 Å². The Hall–Kier alpha value is -4.46. The van der Waals surface area contributed by atoms with Gasteiger partial charge >= 0.3 is 5.97 Å². The van der Waals surface area contributed by atoms with Crippen LogP contribution < -0.4 is 10.6 Å². The fourth-order valence-corrected chi connectivity index (χ4v) is 3.54. The zero-order valence-corrected chi connectivity index (χ0v) is 18.0. The molecule has 8 nitrogen and oxygen atoms in total. The van der Waals surface area contributed by atoms with Crippen LogP contribution in [0.3, 0.4) is 0 Å². The van der Waals surface area contributed by atoms with E-state index in [4.69, 9.17) is 0 Å². The highest BCUT2D eigenvalue weighted by atomic mass is 16.4. The van der Waals surface area contributed by atoms with E-state index in [1.807, 2.05) is 79.7 Å². The summed E-state index contributed by atoms with van der Waals surface area (Å²) in [6.45, 7) is 1.88. The quantitative estimate of drug-likeness (QED) is 0.377. The van der Waals surface area contributed by atoms with Crippen molar-refractivity contribution in [3.63, 3.8) is 0 Å². The number of carboxylic acids is 1. The number of hydrogen-bond donors (Lipinski definition) is 3. The Morgan fingerprint density at radius 3 is 2.42 bits per heavy atom. The molecule has 0 aliphatic heterocycles. The number of carbonyl (C=O) groups excluding carboxylic acids is 1. The van der Waals surface area contributed by atoms with E-state index >= 15 is 0 Å². The molecule has 0 spiro atoms. The largest absolute Gasteiger partial charge is 0.481 e. The third-order valence-electron chi connectivity index (χ3n) is 5.11. The second-order valence-electron chi connectivity index (χ2n) is 7.48. The fraction of sp³-hybridized carbons (Fsp3) is 0.120. The maximum atomic E-state index is 13.1. The summed E-state index contributed by atoms with van der Waals surface area (Å²) in [6.07, 6.45) is 1.42. The van der Waals surface area contributed by atoms with Gasteiger partial charge in [0, 0.05) is 12.3 Å². The average molecular weight is 441 g/mol. The van der Waals surface area contributed by atoms with E-state index in [9.17, 15) is 14.7 Å². The number of pyridine rings is 1. The second kappa shape index (κ2) is 9.78. The lowest BCUT2D eigenvalue weighted by Crippen LogP contribution is -2.31. The number of rotatable bonds is 8. The summed E-state index contributed by atoms with van der Waals surface area (Å²) in [5, 5.41) is 19.9. The van der Waals surface area contributed by atoms with Gasteiger partial charge in [-0.25, -0.2) is 9.67 Å². The molecule has 0 saturated heterocycles. The molecule has 0 aliphatic carbocycles. The predicted octanol–water partition coefficient (Wildman–Crippen LogP) is 4.27. The number of nitrogens with zero attached hydrogens (tertiary/aromatic N) is 3. The Kier molecular flexibility index (Phi) is 6.45. The van der Waals surface area contributed by atoms with Crippen LogP contribution in [0.4, 0.5) is 11.6 Å². The Bertz CT molecular complexity index is 1260. The number of carbonyl (C=O) groups is 2. The molecule has 2 aromatic heterocycles. The molecule has 1 atom stereocenters. The average Bonchev–Trinajstić information content (AvgIpc) is 3.24. The van der Waals surface area contributed by atoms with Crippen LogP contribution in [-0.4, -0.2) is 31.7 Å². The molecular weight excluding hydrogens is 418 g/mol. The van der Waals surface area contributed by atoms with Gasteiger partial charge in [0.25, 0.3) is 5.91 Å². The Balaban J connectivity index is 1.66. The van der Waals surface area contributed by atoms with Gasteiger partial charge in [0.1, 0.15) is 11.6 Å². The second-order valence-corrected chi connectivity index (χ2v) is 7.48. The SMILES string of the molecule is Cc1ccccc1C(CC(=O)O)NC(=O)c1cc(Nc2ccccn2)n(-c2ccccc2)n1. The van der Waals surface area contributed by atoms with E-state index in [1.54, 1.807) is 16.9 Å². The van der Waals surface area contributed by atoms with E-state index in [-0.39, 0.29) is 12.1 Å². The fourth-order valence-electron chi connectivity index (χ4n) is 3.54. The van der Waals surface area contributed by atoms with E-state index in [1.165, 1.54) is 0 Å². The van der Waals surface area contributed by atoms with Crippen molar-refractivity contribution in [1.29, 1.82) is 0 Å². The summed E-state index contributed by atoms with van der Waals surface area (Å²) in [7, 11) is 0. The first kappa shape index (κ1) is 21.8. The highest BCUT2D eigenvalue weighted by Crippen LogP contribution is 2.24. The van der Waals surface area contributed by atoms with Crippen molar-refractivity contribution >= 4 is 23.5 Å². The molecule has 0 aliphatic rings. The van der Waals surface area contributed by atoms with Crippen molar-refractivity contribution in [1.82, 2.24) is 20.1 Å². The van der Waals surface area contributed by atoms with Gasteiger partial charge in [0.05, 0.1) is 18.2 Å². The molecule has 8 heteroatoms. The number of amides is 1. The molecule has 4 aromatic rings. The van der Waals surface area contributed by atoms with Gasteiger partial charge in [-0.1, -0.05) is 48.5 Å². The van der Waals surface area contributed by atoms with Crippen molar-refractivity contribution in [2.75, 3.05) is 5.32 Å². The first-order chi connectivity index (χ1) is 16.0. The Labute approximate surface area is 190 Å². The van der Waals surface area contributed by atoms with Gasteiger partial charge in [0.15, 0.2) is 5.69 Å². The van der Waals surface area contributed by atoms with E-state index < -0.39 is 17.9 Å². The molecule has 1 amide bonds. The topological polar surface area (TPSA) is 109 Å². The summed E-state index contributed by atoms with van der Waals surface area (Å²) in [5.41, 5.74) is 2.57. The van der Waals surface area contributed by atoms with Crippen LogP contribution in [0.5, 0.6) is 0 Å². The lowest BCUT2D eigenvalue weighted by Gasteiger charge is -2.18. The van der Waals surface area contributed by atoms with Crippen molar-refractivity contribution in [2.24, 2.45) is 0 Å². The molecule has 2 aromatic carbocycles. The monoisotopic (exact) mass is 441 g/mol. The molecular formula is C25H23N5O3. The van der Waals surface area contributed by atoms with E-state index in [0.717, 1.165) is 16.8 Å². The summed E-state index contributed by atoms with van der Waals surface area (Å²) in [4.78, 5) is 28.9. The minimum Gasteiger partial charge on any atom is -0.481 e. The molecule has 0 fully saturated rings. The van der Waals surface area contributed by atoms with Crippen LogP contribution in [0.25, 0.3) is 5.69 Å². The zero-order chi connectivity index (χ0) is 23.2. The number of aliphatic carboxylic acids is 1. The zero-order valence-electron chi connectivity index (χ0n) is 18.0. The van der Waals surface area contributed by atoms with Crippen LogP contribution in [0.15, 0.2) is 85.1 Å². The minimum atomic E-state index is -1.00. The van der Waals surface area contributed by atoms with Crippen LogP contribution >= 0.6 is 0 Å². The van der Waals surface area contributed by atoms with Crippen molar-refractivity contribution in [3.8, 4) is 5.69 Å². The number of benzene rings is 2. The lowest BCUT2D eigenvalue weighted by molar-refractivity contribution is -0.137. The van der Waals surface area contributed by atoms with Crippen LogP contribution in [0, 0.1) is 6.92 Å². The van der Waals surface area contributed by atoms with Crippen LogP contribution in [-0.2, 0) is 4.79 Å². The number of para-hydroxylation sites is 1. The highest BCUT2D eigenvalue weighted by Gasteiger charge is 2.23. The van der Waals surface area contributed by atoms with Gasteiger partial charge in [0.2, 0.25) is 0 Å². The summed E-state index contributed by atoms with van der Waals surface area (Å²) >= 11 is 0. The first-order valence-corrected chi connectivity index (χ1v) is 10.4. The Morgan fingerprint density at radius 1 is 1.00 bits per heavy atom. The van der Waals surface area contributed by atoms with E-state index in [0.29, 0.717) is 11.6 Å². The number of carboxylic acid groups (broad SMARTS) is 1. The summed E-state index contributed by atoms with van der Waals surface area (Å²) in [6, 6.07) is 23.2. The van der Waals surface area contributed by atoms with Gasteiger partial charge in [-0.2, -0.15) is 5.10 Å². The molecule has 2 heterocycles. The Morgan fingerprint density at radius 2 is 1.73 bits per heavy atom. The smallest absolute Gasteiger partial charge is 0.305 e. The van der Waals surface area contributed by atoms with Gasteiger partial charge in [-0.05, 0) is 42.3 Å². The first-order valence-electron chi connectivity index (χ1n) is 10.4. The molecule has 0 radical (unpaired) electrons. The standard InChI is InChI=1S/C25H23N5O3/c1-17-9-5-6-12-19(17)20(16-24(31)32)27-25(33)21-15-23(28-22-13-7-8-14-26-22)30(29-21)18-10-3-2-4-11-18/h2-15,20H,16H2,1H3,(H,26,28)(H,27,33)(H,31,32). The minimum absolute atomic E-state index is 0.154. The summed E-state index contributed by atoms with van der Waals surface area (Å²) < 4.78 is 1.61. The predicted molar refractivity (Wildman–Crippen MR) is 125 cm³/mol. The van der Waals surface area contributed by atoms with Crippen LogP contribution in [0.1, 0.15) is 34.1 Å². The highest BCUT2D eigenvalue weighted by molar-refractivity contribution is 5.94. The molecule has 0 saturated carbocycles. The number of aryl methyl sites for hydroxylation is 1. The molecule has 1 unspecified atom stereocenters. The van der Waals surface area contributed by atoms with Gasteiger partial charge < -0.3 is 15.7 Å². The lowest BCUT2D eigenvalue weighted by atomic mass is 9.98. The number of aromatic nitrogens is 3. The third-order valence-corrected chi connectivity index (χ3v) is 5.11. The van der Waals surface area contributed by atoms with E-state index in [2.05, 4.69) is 20.7 Å². The van der Waals surface area contributed by atoms with Crippen LogP contribution in [0.2, 0.25) is 0 Å². The molecule has 3 N–H and O–H groups in total. The maximum absolute atomic E-state index is 13.1. The normalized spacial score (nSPS) is 11.5. The van der Waals surface area contributed by atoms with Crippen molar-refractivity contribution in [3.05, 3.63) is 102 Å². The molecule has 33 heavy (non-hydrogen) atoms. The van der Waals surface area contributed by atoms with Gasteiger partial charge in [-0.3, -0.25) is 9.59 Å². The molecule has 0 bridgehead atoms. The number of hydrogen-bond acceptors (Lipinski definition) is 5. The number of nitrogens with one attached hydrogen (secondary N) is 2. The van der Waals surface area contributed by atoms with Gasteiger partial charge in [-0.15, -0.1) is 0 Å². The maximum Gasteiger partial charge on any atom is 0.305 e. The van der Waals surface area contributed by atoms with Crippen molar-refractivity contribution < 1.29 is 14.7 Å². The molecule has 4 rings (SSSR count). The molecule has 166 valence electrons. The number of anilines is 2. The summed E-state index contributed by atoms with van der Waals surface area (Å²) in [5.74, 6) is -0.319. The third kappa shape index (κ3) is 5.24.